The van der Waals surface area contributed by atoms with Crippen LogP contribution in [0.3, 0.4) is 0 Å². The lowest BCUT2D eigenvalue weighted by atomic mass is 9.84. The van der Waals surface area contributed by atoms with Gasteiger partial charge in [-0.25, -0.2) is 4.74 Å². The van der Waals surface area contributed by atoms with Gasteiger partial charge in [0.05, 0.1) is 12.3 Å². The summed E-state index contributed by atoms with van der Waals surface area (Å²) in [6.07, 6.45) is 2.10. The molecule has 0 bridgehead atoms. The molecular weight excluding hydrogens is 435 g/mol. The van der Waals surface area contributed by atoms with Crippen molar-refractivity contribution < 1.29 is 4.52 Å². The van der Waals surface area contributed by atoms with Crippen molar-refractivity contribution in [1.29, 1.82) is 0 Å². The van der Waals surface area contributed by atoms with Crippen LogP contribution in [-0.2, 0) is 9.94 Å². The Hall–Kier alpha value is -2.61. The molecule has 0 unspecified atom stereocenters. The van der Waals surface area contributed by atoms with Crippen molar-refractivity contribution in [3.05, 3.63) is 101 Å². The molecule has 0 amide bonds. The predicted molar refractivity (Wildman–Crippen MR) is 148 cm³/mol. The molecule has 34 heavy (non-hydrogen) atoms. The van der Waals surface area contributed by atoms with E-state index in [0.717, 1.165) is 23.8 Å². The molecule has 178 valence electrons. The average Bonchev–Trinajstić information content (AvgIpc) is 3.02. The number of hydrogen-bond acceptors (Lipinski definition) is 3. The molecule has 3 aromatic carbocycles. The topological polar surface area (TPSA) is 24.8 Å². The summed E-state index contributed by atoms with van der Waals surface area (Å²) in [7, 11) is -0.347. The summed E-state index contributed by atoms with van der Waals surface area (Å²) < 4.78 is 12.4. The first kappa shape index (κ1) is 24.5. The maximum Gasteiger partial charge on any atom is 0.143 e. The summed E-state index contributed by atoms with van der Waals surface area (Å²) in [5.74, 6) is 2.37. The first-order valence-corrected chi connectivity index (χ1v) is 14.0. The van der Waals surface area contributed by atoms with Gasteiger partial charge < -0.3 is 9.42 Å². The Morgan fingerprint density at radius 1 is 0.971 bits per heavy atom. The number of unbranched alkanes of at least 4 members (excludes halogenated alkanes) is 1. The summed E-state index contributed by atoms with van der Waals surface area (Å²) in [5, 5.41) is 1.15. The molecule has 1 aliphatic rings. The number of fused-ring (bicyclic) bond motifs is 1. The van der Waals surface area contributed by atoms with E-state index in [1.54, 1.807) is 0 Å². The molecule has 0 saturated carbocycles. The van der Waals surface area contributed by atoms with Gasteiger partial charge in [-0.3, -0.25) is 0 Å². The zero-order chi connectivity index (χ0) is 24.3. The second-order valence-corrected chi connectivity index (χ2v) is 12.2. The Morgan fingerprint density at radius 2 is 1.68 bits per heavy atom. The summed E-state index contributed by atoms with van der Waals surface area (Å²) in [6, 6.07) is 25.8. The van der Waals surface area contributed by atoms with Crippen LogP contribution in [0, 0.1) is 13.8 Å². The van der Waals surface area contributed by atoms with Crippen LogP contribution in [0.2, 0.25) is 0 Å². The average molecular weight is 473 g/mol. The van der Waals surface area contributed by atoms with Crippen molar-refractivity contribution in [2.75, 3.05) is 18.6 Å². The van der Waals surface area contributed by atoms with E-state index in [-0.39, 0.29) is 5.41 Å². The van der Waals surface area contributed by atoms with Crippen molar-refractivity contribution in [3.63, 3.8) is 0 Å². The van der Waals surface area contributed by atoms with Gasteiger partial charge >= 0.3 is 0 Å². The predicted octanol–water partition coefficient (Wildman–Crippen LogP) is 8.46. The molecule has 1 aliphatic heterocycles. The van der Waals surface area contributed by atoms with E-state index in [4.69, 9.17) is 9.27 Å². The van der Waals surface area contributed by atoms with Crippen molar-refractivity contribution in [2.24, 2.45) is 4.74 Å². The molecule has 1 atom stereocenters. The lowest BCUT2D eigenvalue weighted by Crippen LogP contribution is -2.23. The van der Waals surface area contributed by atoms with Gasteiger partial charge in [0.25, 0.3) is 0 Å². The van der Waals surface area contributed by atoms with E-state index in [2.05, 4.69) is 125 Å². The molecule has 0 fully saturated rings. The van der Waals surface area contributed by atoms with Crippen LogP contribution in [0.1, 0.15) is 50.3 Å². The zero-order valence-electron chi connectivity index (χ0n) is 21.4. The lowest BCUT2D eigenvalue weighted by molar-refractivity contribution is 0.344. The van der Waals surface area contributed by atoms with E-state index in [1.165, 1.54) is 28.1 Å². The second kappa shape index (κ2) is 9.94. The van der Waals surface area contributed by atoms with Crippen LogP contribution >= 0.6 is 7.28 Å². The highest BCUT2D eigenvalue weighted by Gasteiger charge is 2.40. The molecule has 0 saturated heterocycles. The number of allylic oxidation sites excluding steroid dienone is 1. The fraction of sp³-hybridized carbons (Fsp3) is 0.333. The maximum atomic E-state index is 6.89. The molecule has 4 heteroatoms. The number of rotatable bonds is 7. The smallest absolute Gasteiger partial charge is 0.143 e. The van der Waals surface area contributed by atoms with Crippen molar-refractivity contribution in [2.45, 2.75) is 52.9 Å². The molecule has 1 heterocycles. The normalized spacial score (nSPS) is 17.5. The lowest BCUT2D eigenvalue weighted by Gasteiger charge is -2.29. The Labute approximate surface area is 205 Å². The van der Waals surface area contributed by atoms with Gasteiger partial charge in [0, 0.05) is 35.0 Å². The first-order chi connectivity index (χ1) is 16.3. The van der Waals surface area contributed by atoms with Gasteiger partial charge in [-0.1, -0.05) is 93.4 Å². The van der Waals surface area contributed by atoms with Gasteiger partial charge in [0.2, 0.25) is 0 Å². The molecule has 0 spiro atoms. The molecular formula is C30H37N2OP. The highest BCUT2D eigenvalue weighted by Crippen LogP contribution is 2.58. The van der Waals surface area contributed by atoms with Crippen LogP contribution in [0.4, 0.5) is 11.4 Å². The summed E-state index contributed by atoms with van der Waals surface area (Å²) >= 11 is 0. The van der Waals surface area contributed by atoms with Crippen molar-refractivity contribution in [3.8, 4) is 0 Å². The number of hydrogen-bond donors (Lipinski definition) is 0. The fourth-order valence-electron chi connectivity index (χ4n) is 4.76. The molecule has 3 aromatic rings. The van der Waals surface area contributed by atoms with Gasteiger partial charge in [0.1, 0.15) is 7.28 Å². The fourth-order valence-corrected chi connectivity index (χ4v) is 7.75. The zero-order valence-corrected chi connectivity index (χ0v) is 22.3. The van der Waals surface area contributed by atoms with Crippen LogP contribution in [0.25, 0.3) is 0 Å². The minimum Gasteiger partial charge on any atom is -0.347 e. The maximum absolute atomic E-state index is 6.89. The summed E-state index contributed by atoms with van der Waals surface area (Å²) in [6.45, 7) is 11.8. The molecule has 4 rings (SSSR count). The highest BCUT2D eigenvalue weighted by atomic mass is 31.2. The van der Waals surface area contributed by atoms with Gasteiger partial charge in [-0.05, 0) is 43.5 Å². The number of benzene rings is 3. The second-order valence-electron chi connectivity index (χ2n) is 9.75. The molecule has 0 N–H and O–H groups in total. The quantitative estimate of drug-likeness (QED) is 0.254. The third-order valence-corrected chi connectivity index (χ3v) is 9.48. The minimum atomic E-state index is -2.52. The summed E-state index contributed by atoms with van der Waals surface area (Å²) in [5.41, 5.74) is 7.14. The Balaban J connectivity index is 2.00. The van der Waals surface area contributed by atoms with E-state index >= 15 is 0 Å². The standard InChI is InChI=1S/C30H37N2OP/c1-7-8-20-33-34(25-14-10-9-11-15-25,31-27-19-18-23(2)21-24(27)3)22-29-30(4,5)26-16-12-13-17-28(26)32(29)6/h9-19,21-22H,7-8,20H2,1-6H3/b29-22-/t34-/m1/s1. The van der Waals surface area contributed by atoms with Crippen LogP contribution in [0.5, 0.6) is 0 Å². The van der Waals surface area contributed by atoms with Crippen LogP contribution in [0.15, 0.2) is 89.1 Å². The van der Waals surface area contributed by atoms with E-state index in [0.29, 0.717) is 6.61 Å². The summed E-state index contributed by atoms with van der Waals surface area (Å²) in [4.78, 5) is 2.33. The van der Waals surface area contributed by atoms with E-state index in [9.17, 15) is 0 Å². The Morgan fingerprint density at radius 3 is 2.35 bits per heavy atom. The number of likely N-dealkylation sites (N-methyl/N-ethyl adjacent to an activating group) is 1. The van der Waals surface area contributed by atoms with Gasteiger partial charge in [-0.2, -0.15) is 0 Å². The number of nitrogens with zero attached hydrogens (tertiary/aromatic N) is 2. The Kier molecular flexibility index (Phi) is 7.17. The van der Waals surface area contributed by atoms with Crippen molar-refractivity contribution in [1.82, 2.24) is 0 Å². The van der Waals surface area contributed by atoms with Gasteiger partial charge in [-0.15, -0.1) is 0 Å². The molecule has 3 nitrogen and oxygen atoms in total. The largest absolute Gasteiger partial charge is 0.347 e. The molecule has 0 aliphatic carbocycles. The highest BCUT2D eigenvalue weighted by molar-refractivity contribution is 7.72. The van der Waals surface area contributed by atoms with E-state index < -0.39 is 7.28 Å². The first-order valence-electron chi connectivity index (χ1n) is 12.2. The Bertz CT molecular complexity index is 1240. The number of anilines is 1. The third-order valence-electron chi connectivity index (χ3n) is 6.76. The number of aryl methyl sites for hydroxylation is 2. The minimum absolute atomic E-state index is 0.142. The van der Waals surface area contributed by atoms with Crippen molar-refractivity contribution >= 4 is 24.0 Å². The van der Waals surface area contributed by atoms with E-state index in [1.807, 2.05) is 0 Å². The number of para-hydroxylation sites is 1. The van der Waals surface area contributed by atoms with Crippen LogP contribution in [-0.4, -0.2) is 13.7 Å². The molecule has 0 radical (unpaired) electrons. The SMILES string of the molecule is CCCCO[P@@](/C=C1\N(C)c2ccccc2C1(C)C)(=Nc1ccc(C)cc1C)c1ccccc1. The van der Waals surface area contributed by atoms with Gasteiger partial charge in [0.15, 0.2) is 0 Å². The third kappa shape index (κ3) is 4.65. The monoisotopic (exact) mass is 472 g/mol. The van der Waals surface area contributed by atoms with Crippen LogP contribution < -0.4 is 10.2 Å². The molecule has 0 aromatic heterocycles.